The monoisotopic (exact) mass is 396 g/mol. The van der Waals surface area contributed by atoms with Gasteiger partial charge in [-0.1, -0.05) is 18.2 Å². The zero-order chi connectivity index (χ0) is 20.5. The number of carboxylic acid groups (broad SMARTS) is 1. The molecule has 0 saturated carbocycles. The highest BCUT2D eigenvalue weighted by molar-refractivity contribution is 5.90. The first kappa shape index (κ1) is 18.9. The summed E-state index contributed by atoms with van der Waals surface area (Å²) in [7, 11) is 0. The third kappa shape index (κ3) is 3.66. The first-order valence-electron chi connectivity index (χ1n) is 9.09. The van der Waals surface area contributed by atoms with Crippen LogP contribution >= 0.6 is 0 Å². The van der Waals surface area contributed by atoms with Crippen molar-refractivity contribution < 1.29 is 18.7 Å². The van der Waals surface area contributed by atoms with E-state index in [1.807, 2.05) is 18.2 Å². The number of nitrogens with zero attached hydrogens (tertiary/aromatic N) is 2. The number of aromatic nitrogens is 2. The first-order valence-corrected chi connectivity index (χ1v) is 9.09. The summed E-state index contributed by atoms with van der Waals surface area (Å²) in [5.41, 5.74) is 8.06. The Morgan fingerprint density at radius 2 is 2.03 bits per heavy atom. The summed E-state index contributed by atoms with van der Waals surface area (Å²) in [5, 5.41) is 12.5. The van der Waals surface area contributed by atoms with Crippen molar-refractivity contribution in [1.29, 1.82) is 0 Å². The average Bonchev–Trinajstić information content (AvgIpc) is 3.15. The summed E-state index contributed by atoms with van der Waals surface area (Å²) in [6.45, 7) is 0.433. The molecule has 8 heteroatoms. The number of anilines is 1. The van der Waals surface area contributed by atoms with Gasteiger partial charge in [0.2, 0.25) is 0 Å². The number of rotatable bonds is 5. The lowest BCUT2D eigenvalue weighted by atomic mass is 10.1. The Kier molecular flexibility index (Phi) is 4.94. The van der Waals surface area contributed by atoms with E-state index in [0.29, 0.717) is 41.8 Å². The van der Waals surface area contributed by atoms with Crippen LogP contribution in [0.2, 0.25) is 0 Å². The number of aromatic carboxylic acids is 1. The number of halogens is 2. The highest BCUT2D eigenvalue weighted by Gasteiger charge is 2.28. The second-order valence-electron chi connectivity index (χ2n) is 6.89. The second kappa shape index (κ2) is 7.56. The molecule has 4 rings (SSSR count). The van der Waals surface area contributed by atoms with Gasteiger partial charge in [-0.25, -0.2) is 23.5 Å². The third-order valence-electron chi connectivity index (χ3n) is 5.06. The van der Waals surface area contributed by atoms with Gasteiger partial charge in [0.25, 0.3) is 0 Å². The Bertz CT molecular complexity index is 1100. The molecule has 1 aromatic heterocycles. The van der Waals surface area contributed by atoms with Crippen LogP contribution in [0, 0.1) is 11.6 Å². The molecule has 6 nitrogen and oxygen atoms in total. The molecule has 29 heavy (non-hydrogen) atoms. The first-order chi connectivity index (χ1) is 13.9. The smallest absolute Gasteiger partial charge is 0.358 e. The lowest BCUT2D eigenvalue weighted by molar-refractivity contribution is 0.0691. The predicted molar refractivity (Wildman–Crippen MR) is 103 cm³/mol. The van der Waals surface area contributed by atoms with Crippen LogP contribution in [0.1, 0.15) is 39.6 Å². The van der Waals surface area contributed by atoms with E-state index < -0.39 is 11.8 Å². The van der Waals surface area contributed by atoms with Gasteiger partial charge in [0.1, 0.15) is 11.6 Å². The number of fused-ring (bicyclic) bond motifs is 1. The van der Waals surface area contributed by atoms with Crippen LogP contribution in [0.3, 0.4) is 0 Å². The fraction of sp³-hybridized carbons (Fsp3) is 0.190. The predicted octanol–water partition coefficient (Wildman–Crippen LogP) is 3.48. The minimum atomic E-state index is -1.25. The van der Waals surface area contributed by atoms with E-state index in [-0.39, 0.29) is 23.4 Å². The van der Waals surface area contributed by atoms with Gasteiger partial charge in [0, 0.05) is 23.7 Å². The van der Waals surface area contributed by atoms with E-state index in [0.717, 1.165) is 11.6 Å². The van der Waals surface area contributed by atoms with E-state index in [9.17, 15) is 13.6 Å². The van der Waals surface area contributed by atoms with Crippen LogP contribution in [0.4, 0.5) is 14.6 Å². The maximum absolute atomic E-state index is 14.2. The van der Waals surface area contributed by atoms with Crippen molar-refractivity contribution in [2.45, 2.75) is 25.4 Å². The Morgan fingerprint density at radius 3 is 2.83 bits per heavy atom. The standard InChI is InChI=1S/C21H18F2N4O2/c22-14-5-6-15(23)18-13(14)4-7-16(18)25-9-11-2-1-3-12(8-11)17-10-26-20(24)19(27-17)21(28)29/h1-3,5-6,8,10,16,25H,4,7,9H2,(H2,24,26)(H,28,29). The van der Waals surface area contributed by atoms with Gasteiger partial charge in [-0.05, 0) is 42.2 Å². The van der Waals surface area contributed by atoms with Crippen molar-refractivity contribution in [2.75, 3.05) is 5.73 Å². The third-order valence-corrected chi connectivity index (χ3v) is 5.06. The number of nitrogen functional groups attached to an aromatic ring is 1. The van der Waals surface area contributed by atoms with Crippen LogP contribution in [0.25, 0.3) is 11.3 Å². The summed E-state index contributed by atoms with van der Waals surface area (Å²) in [6, 6.07) is 9.39. The maximum Gasteiger partial charge on any atom is 0.358 e. The van der Waals surface area contributed by atoms with Gasteiger partial charge >= 0.3 is 5.97 Å². The largest absolute Gasteiger partial charge is 0.476 e. The fourth-order valence-corrected chi connectivity index (χ4v) is 3.65. The van der Waals surface area contributed by atoms with Gasteiger partial charge in [-0.15, -0.1) is 0 Å². The summed E-state index contributed by atoms with van der Waals surface area (Å²) in [5.74, 6) is -2.16. The van der Waals surface area contributed by atoms with Crippen molar-refractivity contribution in [3.63, 3.8) is 0 Å². The molecule has 0 amide bonds. The van der Waals surface area contributed by atoms with Crippen LogP contribution < -0.4 is 11.1 Å². The molecule has 3 aromatic rings. The number of nitrogens with two attached hydrogens (primary N) is 1. The minimum absolute atomic E-state index is 0.145. The topological polar surface area (TPSA) is 101 Å². The highest BCUT2D eigenvalue weighted by Crippen LogP contribution is 2.35. The summed E-state index contributed by atoms with van der Waals surface area (Å²) >= 11 is 0. The highest BCUT2D eigenvalue weighted by atomic mass is 19.1. The average molecular weight is 396 g/mol. The SMILES string of the molecule is Nc1ncc(-c2cccc(CNC3CCc4c(F)ccc(F)c43)c2)nc1C(=O)O. The van der Waals surface area contributed by atoms with Crippen LogP contribution in [0.15, 0.2) is 42.6 Å². The molecule has 0 radical (unpaired) electrons. The number of nitrogens with one attached hydrogen (secondary N) is 1. The van der Waals surface area contributed by atoms with E-state index in [2.05, 4.69) is 15.3 Å². The summed E-state index contributed by atoms with van der Waals surface area (Å²) in [4.78, 5) is 19.2. The Hall–Kier alpha value is -3.39. The van der Waals surface area contributed by atoms with E-state index in [4.69, 9.17) is 10.8 Å². The minimum Gasteiger partial charge on any atom is -0.476 e. The van der Waals surface area contributed by atoms with E-state index in [1.54, 1.807) is 6.07 Å². The number of carbonyl (C=O) groups is 1. The number of carboxylic acids is 1. The van der Waals surface area contributed by atoms with E-state index in [1.165, 1.54) is 12.3 Å². The Labute approximate surface area is 165 Å². The molecule has 1 atom stereocenters. The Morgan fingerprint density at radius 1 is 1.24 bits per heavy atom. The van der Waals surface area contributed by atoms with Gasteiger partial charge in [-0.2, -0.15) is 0 Å². The molecule has 1 aliphatic rings. The molecule has 4 N–H and O–H groups in total. The summed E-state index contributed by atoms with van der Waals surface area (Å²) in [6.07, 6.45) is 2.54. The van der Waals surface area contributed by atoms with Crippen molar-refractivity contribution in [3.05, 3.63) is 76.6 Å². The molecule has 148 valence electrons. The van der Waals surface area contributed by atoms with Crippen LogP contribution in [-0.2, 0) is 13.0 Å². The van der Waals surface area contributed by atoms with Crippen LogP contribution in [-0.4, -0.2) is 21.0 Å². The molecule has 0 bridgehead atoms. The normalized spacial score (nSPS) is 15.3. The van der Waals surface area contributed by atoms with Crippen LogP contribution in [0.5, 0.6) is 0 Å². The molecule has 0 fully saturated rings. The molecule has 0 spiro atoms. The molecule has 2 aromatic carbocycles. The quantitative estimate of drug-likeness (QED) is 0.610. The van der Waals surface area contributed by atoms with Crippen molar-refractivity contribution >= 4 is 11.8 Å². The molecule has 1 unspecified atom stereocenters. The number of benzene rings is 2. The van der Waals surface area contributed by atoms with Gasteiger partial charge < -0.3 is 16.2 Å². The fourth-order valence-electron chi connectivity index (χ4n) is 3.65. The van der Waals surface area contributed by atoms with Gasteiger partial charge in [0.15, 0.2) is 11.5 Å². The zero-order valence-electron chi connectivity index (χ0n) is 15.3. The molecular formula is C21H18F2N4O2. The number of hydrogen-bond donors (Lipinski definition) is 3. The molecule has 0 aliphatic heterocycles. The van der Waals surface area contributed by atoms with Crippen molar-refractivity contribution in [1.82, 2.24) is 15.3 Å². The van der Waals surface area contributed by atoms with Gasteiger partial charge in [-0.3, -0.25) is 0 Å². The lowest BCUT2D eigenvalue weighted by Crippen LogP contribution is -2.19. The molecule has 0 saturated heterocycles. The second-order valence-corrected chi connectivity index (χ2v) is 6.89. The Balaban J connectivity index is 1.54. The maximum atomic E-state index is 14.2. The summed E-state index contributed by atoms with van der Waals surface area (Å²) < 4.78 is 28.1. The number of hydrogen-bond acceptors (Lipinski definition) is 5. The lowest BCUT2D eigenvalue weighted by Gasteiger charge is -2.15. The van der Waals surface area contributed by atoms with Gasteiger partial charge in [0.05, 0.1) is 11.9 Å². The molecule has 1 heterocycles. The van der Waals surface area contributed by atoms with Crippen molar-refractivity contribution in [2.24, 2.45) is 0 Å². The van der Waals surface area contributed by atoms with E-state index >= 15 is 0 Å². The zero-order valence-corrected chi connectivity index (χ0v) is 15.3. The molecule has 1 aliphatic carbocycles. The van der Waals surface area contributed by atoms with Crippen molar-refractivity contribution in [3.8, 4) is 11.3 Å². The molecular weight excluding hydrogens is 378 g/mol.